The zero-order chi connectivity index (χ0) is 12.3. The van der Waals surface area contributed by atoms with Gasteiger partial charge in [0.2, 0.25) is 0 Å². The van der Waals surface area contributed by atoms with E-state index in [1.54, 1.807) is 18.4 Å². The van der Waals surface area contributed by atoms with Crippen molar-refractivity contribution in [3.05, 3.63) is 51.2 Å². The van der Waals surface area contributed by atoms with Gasteiger partial charge in [0.15, 0.2) is 0 Å². The summed E-state index contributed by atoms with van der Waals surface area (Å²) in [6.07, 6.45) is 0.865. The fourth-order valence-electron chi connectivity index (χ4n) is 1.69. The Labute approximate surface area is 119 Å². The molecule has 1 aromatic heterocycles. The third-order valence-corrected chi connectivity index (χ3v) is 5.08. The Morgan fingerprint density at radius 1 is 1.35 bits per heavy atom. The quantitative estimate of drug-likeness (QED) is 0.709. The van der Waals surface area contributed by atoms with E-state index in [4.69, 9.17) is 16.3 Å². The highest BCUT2D eigenvalue weighted by Crippen LogP contribution is 2.37. The smallest absolute Gasteiger partial charge is 0.122 e. The van der Waals surface area contributed by atoms with Crippen molar-refractivity contribution < 1.29 is 4.74 Å². The van der Waals surface area contributed by atoms with Gasteiger partial charge in [0.05, 0.1) is 17.0 Å². The largest absolute Gasteiger partial charge is 0.496 e. The maximum Gasteiger partial charge on any atom is 0.122 e. The van der Waals surface area contributed by atoms with Crippen molar-refractivity contribution in [3.63, 3.8) is 0 Å². The van der Waals surface area contributed by atoms with E-state index >= 15 is 0 Å². The van der Waals surface area contributed by atoms with Gasteiger partial charge in [-0.05, 0) is 29.5 Å². The second-order valence-electron chi connectivity index (χ2n) is 3.62. The minimum absolute atomic E-state index is 0.228. The molecule has 4 heteroatoms. The summed E-state index contributed by atoms with van der Waals surface area (Å²) in [7, 11) is 1.69. The Morgan fingerprint density at radius 2 is 2.12 bits per heavy atom. The van der Waals surface area contributed by atoms with Gasteiger partial charge >= 0.3 is 0 Å². The molecule has 0 saturated carbocycles. The highest BCUT2D eigenvalue weighted by Gasteiger charge is 2.15. The number of hydrogen-bond acceptors (Lipinski definition) is 2. The number of methoxy groups -OCH3 is 1. The lowest BCUT2D eigenvalue weighted by Gasteiger charge is -2.12. The number of thiophene rings is 1. The molecule has 1 nitrogen and oxygen atoms in total. The van der Waals surface area contributed by atoms with Crippen molar-refractivity contribution in [1.82, 2.24) is 0 Å². The molecule has 17 heavy (non-hydrogen) atoms. The third kappa shape index (κ3) is 3.03. The SMILES string of the molecule is COc1ccccc1CC(Br)c1sccc1Cl. The predicted octanol–water partition coefficient (Wildman–Crippen LogP) is 5.09. The van der Waals surface area contributed by atoms with E-state index in [0.29, 0.717) is 0 Å². The maximum atomic E-state index is 6.12. The molecule has 1 atom stereocenters. The van der Waals surface area contributed by atoms with E-state index in [1.165, 1.54) is 5.56 Å². The highest BCUT2D eigenvalue weighted by molar-refractivity contribution is 9.09. The Kier molecular flexibility index (Phi) is 4.48. The first-order valence-corrected chi connectivity index (χ1v) is 7.38. The van der Waals surface area contributed by atoms with Crippen LogP contribution in [0.15, 0.2) is 35.7 Å². The van der Waals surface area contributed by atoms with Crippen LogP contribution in [0.4, 0.5) is 0 Å². The zero-order valence-electron chi connectivity index (χ0n) is 9.32. The normalized spacial score (nSPS) is 12.4. The number of ether oxygens (including phenoxy) is 1. The molecule has 90 valence electrons. The first-order chi connectivity index (χ1) is 8.22. The Morgan fingerprint density at radius 3 is 2.76 bits per heavy atom. The van der Waals surface area contributed by atoms with Gasteiger partial charge in [-0.1, -0.05) is 45.7 Å². The molecule has 0 spiro atoms. The van der Waals surface area contributed by atoms with E-state index in [0.717, 1.165) is 22.1 Å². The number of rotatable bonds is 4. The lowest BCUT2D eigenvalue weighted by molar-refractivity contribution is 0.409. The molecule has 0 saturated heterocycles. The molecule has 0 aliphatic heterocycles. The van der Waals surface area contributed by atoms with E-state index in [-0.39, 0.29) is 4.83 Å². The molecule has 0 N–H and O–H groups in total. The Hall–Kier alpha value is -0.510. The van der Waals surface area contributed by atoms with E-state index < -0.39 is 0 Å². The van der Waals surface area contributed by atoms with E-state index in [2.05, 4.69) is 22.0 Å². The van der Waals surface area contributed by atoms with Crippen molar-refractivity contribution in [2.75, 3.05) is 7.11 Å². The van der Waals surface area contributed by atoms with Crippen LogP contribution in [-0.4, -0.2) is 7.11 Å². The topological polar surface area (TPSA) is 9.23 Å². The predicted molar refractivity (Wildman–Crippen MR) is 77.7 cm³/mol. The van der Waals surface area contributed by atoms with Crippen molar-refractivity contribution in [2.24, 2.45) is 0 Å². The van der Waals surface area contributed by atoms with Crippen molar-refractivity contribution in [1.29, 1.82) is 0 Å². The minimum Gasteiger partial charge on any atom is -0.496 e. The summed E-state index contributed by atoms with van der Waals surface area (Å²) in [4.78, 5) is 1.39. The molecule has 2 aromatic rings. The third-order valence-electron chi connectivity index (χ3n) is 2.52. The number of alkyl halides is 1. The van der Waals surface area contributed by atoms with Gasteiger partial charge in [-0.3, -0.25) is 0 Å². The van der Waals surface area contributed by atoms with Crippen LogP contribution in [0.2, 0.25) is 5.02 Å². The average molecular weight is 332 g/mol. The summed E-state index contributed by atoms with van der Waals surface area (Å²) in [5.41, 5.74) is 1.18. The molecule has 0 aliphatic rings. The molecule has 0 amide bonds. The van der Waals surface area contributed by atoms with Crippen LogP contribution in [0.5, 0.6) is 5.75 Å². The van der Waals surface area contributed by atoms with E-state index in [9.17, 15) is 0 Å². The first-order valence-electron chi connectivity index (χ1n) is 5.21. The number of benzene rings is 1. The number of halogens is 2. The van der Waals surface area contributed by atoms with Gasteiger partial charge in [-0.15, -0.1) is 11.3 Å². The lowest BCUT2D eigenvalue weighted by Crippen LogP contribution is -1.97. The van der Waals surface area contributed by atoms with Crippen LogP contribution >= 0.6 is 38.9 Å². The summed E-state index contributed by atoms with van der Waals surface area (Å²) in [5, 5.41) is 2.83. The lowest BCUT2D eigenvalue weighted by atomic mass is 10.1. The van der Waals surface area contributed by atoms with Gasteiger partial charge in [0, 0.05) is 4.88 Å². The summed E-state index contributed by atoms with van der Waals surface area (Å²) in [5.74, 6) is 0.921. The molecule has 0 fully saturated rings. The maximum absolute atomic E-state index is 6.12. The van der Waals surface area contributed by atoms with Gasteiger partial charge in [0.1, 0.15) is 5.75 Å². The number of para-hydroxylation sites is 1. The van der Waals surface area contributed by atoms with E-state index in [1.807, 2.05) is 29.6 Å². The summed E-state index contributed by atoms with van der Waals surface area (Å²) in [6, 6.07) is 9.98. The molecule has 1 aromatic carbocycles. The molecule has 1 unspecified atom stereocenters. The first kappa shape index (κ1) is 12.9. The standard InChI is InChI=1S/C13H12BrClOS/c1-16-12-5-3-2-4-9(12)8-10(14)13-11(15)6-7-17-13/h2-7,10H,8H2,1H3. The number of hydrogen-bond donors (Lipinski definition) is 0. The molecule has 1 heterocycles. The van der Waals surface area contributed by atoms with Crippen LogP contribution in [0.1, 0.15) is 15.3 Å². The zero-order valence-corrected chi connectivity index (χ0v) is 12.5. The van der Waals surface area contributed by atoms with Crippen LogP contribution < -0.4 is 4.74 Å². The summed E-state index contributed by atoms with van der Waals surface area (Å²) >= 11 is 11.5. The second kappa shape index (κ2) is 5.89. The van der Waals surface area contributed by atoms with Gasteiger partial charge in [-0.2, -0.15) is 0 Å². The molecule has 0 radical (unpaired) electrons. The minimum atomic E-state index is 0.228. The van der Waals surface area contributed by atoms with Crippen LogP contribution in [0, 0.1) is 0 Å². The van der Waals surface area contributed by atoms with Crippen LogP contribution in [0.25, 0.3) is 0 Å². The van der Waals surface area contributed by atoms with Gasteiger partial charge < -0.3 is 4.74 Å². The summed E-state index contributed by atoms with van der Waals surface area (Å²) < 4.78 is 5.34. The monoisotopic (exact) mass is 330 g/mol. The van der Waals surface area contributed by atoms with Crippen molar-refractivity contribution in [2.45, 2.75) is 11.2 Å². The molecular formula is C13H12BrClOS. The van der Waals surface area contributed by atoms with Crippen LogP contribution in [0.3, 0.4) is 0 Å². The van der Waals surface area contributed by atoms with Crippen LogP contribution in [-0.2, 0) is 6.42 Å². The molecule has 0 aliphatic carbocycles. The molecule has 2 rings (SSSR count). The fourth-order valence-corrected chi connectivity index (χ4v) is 3.90. The second-order valence-corrected chi connectivity index (χ2v) is 6.08. The highest BCUT2D eigenvalue weighted by atomic mass is 79.9. The van der Waals surface area contributed by atoms with Gasteiger partial charge in [-0.25, -0.2) is 0 Å². The summed E-state index contributed by atoms with van der Waals surface area (Å²) in [6.45, 7) is 0. The van der Waals surface area contributed by atoms with Crippen molar-refractivity contribution in [3.8, 4) is 5.75 Å². The van der Waals surface area contributed by atoms with Crippen molar-refractivity contribution >= 4 is 38.9 Å². The Bertz CT molecular complexity index is 498. The fraction of sp³-hybridized carbons (Fsp3) is 0.231. The molecular weight excluding hydrogens is 320 g/mol. The van der Waals surface area contributed by atoms with Gasteiger partial charge in [0.25, 0.3) is 0 Å². The average Bonchev–Trinajstić information content (AvgIpc) is 2.76. The Balaban J connectivity index is 2.18. The molecule has 0 bridgehead atoms.